The Hall–Kier alpha value is -2.40. The Morgan fingerprint density at radius 1 is 1.05 bits per heavy atom. The van der Waals surface area contributed by atoms with Crippen LogP contribution < -0.4 is 10.6 Å². The van der Waals surface area contributed by atoms with Gasteiger partial charge in [-0.25, -0.2) is 4.39 Å². The Kier molecular flexibility index (Phi) is 3.58. The molecule has 106 valence electrons. The number of benzene rings is 2. The van der Waals surface area contributed by atoms with Gasteiger partial charge in [0.15, 0.2) is 0 Å². The molecule has 0 radical (unpaired) electrons. The first-order valence-electron chi connectivity index (χ1n) is 6.42. The van der Waals surface area contributed by atoms with Gasteiger partial charge in [-0.15, -0.1) is 0 Å². The van der Waals surface area contributed by atoms with Crippen LogP contribution in [0.5, 0.6) is 0 Å². The van der Waals surface area contributed by atoms with E-state index >= 15 is 0 Å². The number of nitrogens with two attached hydrogens (primary N) is 1. The minimum Gasteiger partial charge on any atom is -0.399 e. The van der Waals surface area contributed by atoms with Crippen LogP contribution in [0.2, 0.25) is 0 Å². The lowest BCUT2D eigenvalue weighted by molar-refractivity contribution is 0.628. The van der Waals surface area contributed by atoms with Crippen molar-refractivity contribution in [1.82, 2.24) is 4.57 Å². The number of aromatic nitrogens is 1. The van der Waals surface area contributed by atoms with Gasteiger partial charge in [-0.05, 0) is 47.5 Å². The van der Waals surface area contributed by atoms with E-state index in [4.69, 9.17) is 5.73 Å². The second-order valence-corrected chi connectivity index (χ2v) is 5.54. The third kappa shape index (κ3) is 2.87. The lowest BCUT2D eigenvalue weighted by Crippen LogP contribution is -2.15. The molecule has 0 bridgehead atoms. The molecule has 1 aromatic heterocycles. The number of anilines is 1. The molecular weight excluding hydrogens is 287 g/mol. The molecule has 0 amide bonds. The SMILES string of the molecule is Nc1ccc(Cn2c(-c3ccc(F)cc3)csc2=O)cc1. The van der Waals surface area contributed by atoms with E-state index in [2.05, 4.69) is 0 Å². The molecule has 0 saturated heterocycles. The van der Waals surface area contributed by atoms with Gasteiger partial charge >= 0.3 is 4.87 Å². The minimum absolute atomic E-state index is 0.0360. The molecule has 0 spiro atoms. The summed E-state index contributed by atoms with van der Waals surface area (Å²) in [7, 11) is 0. The molecule has 3 nitrogen and oxygen atoms in total. The van der Waals surface area contributed by atoms with Gasteiger partial charge in [0.2, 0.25) is 0 Å². The summed E-state index contributed by atoms with van der Waals surface area (Å²) in [6, 6.07) is 13.6. The molecule has 0 unspecified atom stereocenters. The lowest BCUT2D eigenvalue weighted by Gasteiger charge is -2.08. The fourth-order valence-corrected chi connectivity index (χ4v) is 2.90. The van der Waals surface area contributed by atoms with Crippen LogP contribution in [0.15, 0.2) is 58.7 Å². The van der Waals surface area contributed by atoms with Gasteiger partial charge in [0.25, 0.3) is 0 Å². The standard InChI is InChI=1S/C16H13FN2OS/c17-13-5-3-12(4-6-13)15-10-21-16(20)19(15)9-11-1-7-14(18)8-2-11/h1-8,10H,9,18H2. The normalized spacial score (nSPS) is 10.7. The smallest absolute Gasteiger partial charge is 0.307 e. The Balaban J connectivity index is 1.99. The zero-order chi connectivity index (χ0) is 14.8. The number of hydrogen-bond donors (Lipinski definition) is 1. The first kappa shape index (κ1) is 13.6. The highest BCUT2D eigenvalue weighted by atomic mass is 32.1. The summed E-state index contributed by atoms with van der Waals surface area (Å²) < 4.78 is 14.7. The average Bonchev–Trinajstić information content (AvgIpc) is 2.84. The Bertz CT molecular complexity index is 804. The summed E-state index contributed by atoms with van der Waals surface area (Å²) in [6.45, 7) is 0.468. The molecule has 1 heterocycles. The molecule has 0 saturated carbocycles. The lowest BCUT2D eigenvalue weighted by atomic mass is 10.1. The molecule has 0 aliphatic heterocycles. The molecule has 3 rings (SSSR count). The summed E-state index contributed by atoms with van der Waals surface area (Å²) in [5, 5.41) is 1.80. The summed E-state index contributed by atoms with van der Waals surface area (Å²) >= 11 is 1.14. The van der Waals surface area contributed by atoms with Crippen LogP contribution in [-0.4, -0.2) is 4.57 Å². The maximum absolute atomic E-state index is 13.0. The van der Waals surface area contributed by atoms with Gasteiger partial charge in [-0.2, -0.15) is 0 Å². The van der Waals surface area contributed by atoms with Gasteiger partial charge in [0, 0.05) is 11.1 Å². The van der Waals surface area contributed by atoms with Crippen molar-refractivity contribution in [3.8, 4) is 11.3 Å². The van der Waals surface area contributed by atoms with E-state index in [1.54, 1.807) is 22.1 Å². The monoisotopic (exact) mass is 300 g/mol. The average molecular weight is 300 g/mol. The van der Waals surface area contributed by atoms with Crippen molar-refractivity contribution in [3.63, 3.8) is 0 Å². The predicted molar refractivity (Wildman–Crippen MR) is 83.9 cm³/mol. The minimum atomic E-state index is -0.290. The third-order valence-electron chi connectivity index (χ3n) is 3.24. The number of thiazole rings is 1. The second kappa shape index (κ2) is 5.54. The van der Waals surface area contributed by atoms with E-state index in [1.165, 1.54) is 12.1 Å². The van der Waals surface area contributed by atoms with Crippen molar-refractivity contribution in [1.29, 1.82) is 0 Å². The highest BCUT2D eigenvalue weighted by Crippen LogP contribution is 2.21. The quantitative estimate of drug-likeness (QED) is 0.754. The molecule has 0 atom stereocenters. The van der Waals surface area contributed by atoms with E-state index in [0.29, 0.717) is 12.2 Å². The largest absolute Gasteiger partial charge is 0.399 e. The van der Waals surface area contributed by atoms with Crippen LogP contribution in [0.1, 0.15) is 5.56 Å². The first-order valence-corrected chi connectivity index (χ1v) is 7.30. The van der Waals surface area contributed by atoms with E-state index in [0.717, 1.165) is 28.2 Å². The molecule has 0 fully saturated rings. The third-order valence-corrected chi connectivity index (χ3v) is 4.01. The van der Waals surface area contributed by atoms with Gasteiger partial charge in [0.1, 0.15) is 5.82 Å². The van der Waals surface area contributed by atoms with E-state index in [-0.39, 0.29) is 10.7 Å². The van der Waals surface area contributed by atoms with Gasteiger partial charge in [-0.1, -0.05) is 23.5 Å². The number of hydrogen-bond acceptors (Lipinski definition) is 3. The molecule has 3 aromatic rings. The van der Waals surface area contributed by atoms with Crippen molar-refractivity contribution in [3.05, 3.63) is 75.0 Å². The highest BCUT2D eigenvalue weighted by Gasteiger charge is 2.09. The molecular formula is C16H13FN2OS. The Morgan fingerprint density at radius 2 is 1.71 bits per heavy atom. The number of nitrogens with zero attached hydrogens (tertiary/aromatic N) is 1. The van der Waals surface area contributed by atoms with Crippen LogP contribution in [0.3, 0.4) is 0 Å². The number of rotatable bonds is 3. The zero-order valence-corrected chi connectivity index (χ0v) is 11.9. The fourth-order valence-electron chi connectivity index (χ4n) is 2.13. The number of halogens is 1. The van der Waals surface area contributed by atoms with Gasteiger partial charge in [0.05, 0.1) is 12.2 Å². The molecule has 0 aliphatic carbocycles. The van der Waals surface area contributed by atoms with Crippen LogP contribution in [0.4, 0.5) is 10.1 Å². The topological polar surface area (TPSA) is 48.0 Å². The summed E-state index contributed by atoms with van der Waals surface area (Å²) in [6.07, 6.45) is 0. The van der Waals surface area contributed by atoms with Crippen molar-refractivity contribution in [2.24, 2.45) is 0 Å². The van der Waals surface area contributed by atoms with Gasteiger partial charge in [-0.3, -0.25) is 9.36 Å². The fraction of sp³-hybridized carbons (Fsp3) is 0.0625. The predicted octanol–water partition coefficient (Wildman–Crippen LogP) is 3.35. The maximum Gasteiger partial charge on any atom is 0.307 e. The molecule has 21 heavy (non-hydrogen) atoms. The Morgan fingerprint density at radius 3 is 2.38 bits per heavy atom. The molecule has 2 aromatic carbocycles. The van der Waals surface area contributed by atoms with E-state index < -0.39 is 0 Å². The van der Waals surface area contributed by atoms with Crippen LogP contribution in [-0.2, 0) is 6.54 Å². The molecule has 0 aliphatic rings. The summed E-state index contributed by atoms with van der Waals surface area (Å²) in [4.78, 5) is 12.0. The highest BCUT2D eigenvalue weighted by molar-refractivity contribution is 7.07. The maximum atomic E-state index is 13.0. The zero-order valence-electron chi connectivity index (χ0n) is 11.1. The Labute approximate surface area is 125 Å². The van der Waals surface area contributed by atoms with Crippen LogP contribution in [0.25, 0.3) is 11.3 Å². The number of nitrogen functional groups attached to an aromatic ring is 1. The second-order valence-electron chi connectivity index (χ2n) is 4.72. The van der Waals surface area contributed by atoms with E-state index in [1.807, 2.05) is 24.3 Å². The van der Waals surface area contributed by atoms with Crippen molar-refractivity contribution in [2.45, 2.75) is 6.54 Å². The summed E-state index contributed by atoms with van der Waals surface area (Å²) in [5.41, 5.74) is 8.96. The van der Waals surface area contributed by atoms with Gasteiger partial charge < -0.3 is 5.73 Å². The van der Waals surface area contributed by atoms with E-state index in [9.17, 15) is 9.18 Å². The molecule has 2 N–H and O–H groups in total. The van der Waals surface area contributed by atoms with Crippen molar-refractivity contribution < 1.29 is 4.39 Å². The molecule has 5 heteroatoms. The summed E-state index contributed by atoms with van der Waals surface area (Å²) in [5.74, 6) is -0.290. The van der Waals surface area contributed by atoms with Crippen molar-refractivity contribution in [2.75, 3.05) is 5.73 Å². The van der Waals surface area contributed by atoms with Crippen LogP contribution in [0, 0.1) is 5.82 Å². The van der Waals surface area contributed by atoms with Crippen LogP contribution >= 0.6 is 11.3 Å². The van der Waals surface area contributed by atoms with Crippen molar-refractivity contribution >= 4 is 17.0 Å². The first-order chi connectivity index (χ1) is 10.1.